The Morgan fingerprint density at radius 1 is 1.33 bits per heavy atom. The van der Waals surface area contributed by atoms with Gasteiger partial charge in [-0.25, -0.2) is 4.79 Å². The van der Waals surface area contributed by atoms with E-state index in [2.05, 4.69) is 10.6 Å². The smallest absolute Gasteiger partial charge is 0.341 e. The Kier molecular flexibility index (Phi) is 8.17. The number of carbonyl (C=O) groups is 3. The van der Waals surface area contributed by atoms with E-state index in [1.165, 1.54) is 7.11 Å². The number of nitrogens with two attached hydrogens (primary N) is 1. The van der Waals surface area contributed by atoms with Crippen LogP contribution in [0.4, 0.5) is 5.00 Å². The van der Waals surface area contributed by atoms with Gasteiger partial charge in [-0.05, 0) is 25.3 Å². The summed E-state index contributed by atoms with van der Waals surface area (Å²) in [5.74, 6) is -1.65. The molecule has 1 saturated heterocycles. The van der Waals surface area contributed by atoms with Gasteiger partial charge in [0.2, 0.25) is 5.91 Å². The average Bonchev–Trinajstić information content (AvgIpc) is 3.23. The normalized spacial score (nSPS) is 16.3. The van der Waals surface area contributed by atoms with E-state index in [4.69, 9.17) is 19.9 Å². The number of hydrogen-bond donors (Lipinski definition) is 3. The van der Waals surface area contributed by atoms with Gasteiger partial charge in [0, 0.05) is 20.3 Å². The molecule has 1 atom stereocenters. The average molecular weight is 399 g/mol. The Labute approximate surface area is 161 Å². The van der Waals surface area contributed by atoms with E-state index >= 15 is 0 Å². The van der Waals surface area contributed by atoms with Crippen molar-refractivity contribution in [3.05, 3.63) is 16.0 Å². The first kappa shape index (κ1) is 21.3. The Balaban J connectivity index is 2.02. The molecule has 0 unspecified atom stereocenters. The van der Waals surface area contributed by atoms with Gasteiger partial charge in [0.1, 0.15) is 11.6 Å². The topological polar surface area (TPSA) is 129 Å². The van der Waals surface area contributed by atoms with Crippen LogP contribution in [0.25, 0.3) is 0 Å². The van der Waals surface area contributed by atoms with Gasteiger partial charge < -0.3 is 30.6 Å². The minimum absolute atomic E-state index is 0.0564. The van der Waals surface area contributed by atoms with Gasteiger partial charge in [-0.2, -0.15) is 0 Å². The molecule has 0 radical (unpaired) electrons. The van der Waals surface area contributed by atoms with Crippen LogP contribution in [-0.4, -0.2) is 63.9 Å². The van der Waals surface area contributed by atoms with Crippen LogP contribution in [0.15, 0.2) is 0 Å². The number of primary amides is 1. The van der Waals surface area contributed by atoms with Crippen LogP contribution in [0.2, 0.25) is 0 Å². The summed E-state index contributed by atoms with van der Waals surface area (Å²) in [4.78, 5) is 36.4. The van der Waals surface area contributed by atoms with Crippen LogP contribution in [0, 0.1) is 6.92 Å². The van der Waals surface area contributed by atoms with E-state index in [9.17, 15) is 14.4 Å². The van der Waals surface area contributed by atoms with Crippen LogP contribution in [-0.2, 0) is 19.0 Å². The van der Waals surface area contributed by atoms with Gasteiger partial charge in [0.15, 0.2) is 0 Å². The minimum Gasteiger partial charge on any atom is -0.460 e. The highest BCUT2D eigenvalue weighted by molar-refractivity contribution is 7.18. The molecule has 1 fully saturated rings. The summed E-state index contributed by atoms with van der Waals surface area (Å²) in [5, 5.41) is 5.93. The van der Waals surface area contributed by atoms with E-state index in [1.807, 2.05) is 0 Å². The number of ether oxygens (including phenoxy) is 3. The lowest BCUT2D eigenvalue weighted by atomic mass is 10.1. The molecule has 1 aliphatic heterocycles. The Bertz CT molecular complexity index is 684. The molecular weight excluding hydrogens is 374 g/mol. The number of hydrogen-bond acceptors (Lipinski definition) is 8. The van der Waals surface area contributed by atoms with Crippen molar-refractivity contribution in [1.82, 2.24) is 5.32 Å². The van der Waals surface area contributed by atoms with E-state index < -0.39 is 11.9 Å². The van der Waals surface area contributed by atoms with Gasteiger partial charge in [-0.3, -0.25) is 9.59 Å². The molecular formula is C17H25N3O6S. The first-order valence-electron chi connectivity index (χ1n) is 8.65. The molecule has 1 aromatic heterocycles. The third kappa shape index (κ3) is 5.99. The molecule has 0 spiro atoms. The predicted octanol–water partition coefficient (Wildman–Crippen LogP) is 0.666. The van der Waals surface area contributed by atoms with Crippen LogP contribution >= 0.6 is 11.3 Å². The minimum atomic E-state index is -0.666. The Morgan fingerprint density at radius 3 is 2.74 bits per heavy atom. The second-order valence-electron chi connectivity index (χ2n) is 6.07. The summed E-state index contributed by atoms with van der Waals surface area (Å²) < 4.78 is 15.4. The molecule has 1 aliphatic rings. The molecule has 150 valence electrons. The van der Waals surface area contributed by atoms with Crippen LogP contribution in [0.5, 0.6) is 0 Å². The number of anilines is 1. The summed E-state index contributed by atoms with van der Waals surface area (Å²) in [6.07, 6.45) is 2.12. The molecule has 2 amide bonds. The van der Waals surface area contributed by atoms with Gasteiger partial charge in [-0.1, -0.05) is 0 Å². The maximum atomic E-state index is 12.4. The molecule has 0 saturated carbocycles. The first-order valence-corrected chi connectivity index (χ1v) is 9.47. The second kappa shape index (κ2) is 10.4. The summed E-state index contributed by atoms with van der Waals surface area (Å²) in [6, 6.07) is 0. The molecule has 0 aromatic carbocycles. The van der Waals surface area contributed by atoms with Crippen LogP contribution in [0.1, 0.15) is 38.4 Å². The summed E-state index contributed by atoms with van der Waals surface area (Å²) in [6.45, 7) is 3.28. The van der Waals surface area contributed by atoms with E-state index in [1.54, 1.807) is 6.92 Å². The van der Waals surface area contributed by atoms with Gasteiger partial charge >= 0.3 is 5.97 Å². The molecule has 4 N–H and O–H groups in total. The Hall–Kier alpha value is -2.01. The number of nitrogens with one attached hydrogen (secondary N) is 2. The molecule has 0 bridgehead atoms. The van der Waals surface area contributed by atoms with Crippen molar-refractivity contribution in [3.8, 4) is 0 Å². The summed E-state index contributed by atoms with van der Waals surface area (Å²) in [5.41, 5.74) is 5.88. The molecule has 9 nitrogen and oxygen atoms in total. The van der Waals surface area contributed by atoms with Gasteiger partial charge in [-0.15, -0.1) is 11.3 Å². The second-order valence-corrected chi connectivity index (χ2v) is 7.09. The fourth-order valence-electron chi connectivity index (χ4n) is 2.70. The van der Waals surface area contributed by atoms with Crippen LogP contribution in [0.3, 0.4) is 0 Å². The molecule has 27 heavy (non-hydrogen) atoms. The number of amides is 2. The van der Waals surface area contributed by atoms with Crippen molar-refractivity contribution in [1.29, 1.82) is 0 Å². The summed E-state index contributed by atoms with van der Waals surface area (Å²) >= 11 is 0.958. The fraction of sp³-hybridized carbons (Fsp3) is 0.588. The molecule has 0 aliphatic carbocycles. The van der Waals surface area contributed by atoms with E-state index in [0.29, 0.717) is 12.1 Å². The number of esters is 1. The molecule has 2 heterocycles. The SMILES string of the molecule is COCCOC(=O)c1c(NC(=O)CNC[C@@H]2CCCO2)sc(C(N)=O)c1C. The largest absolute Gasteiger partial charge is 0.460 e. The third-order valence-corrected chi connectivity index (χ3v) is 5.25. The van der Waals surface area contributed by atoms with Crippen molar-refractivity contribution in [3.63, 3.8) is 0 Å². The number of thiophene rings is 1. The van der Waals surface area contributed by atoms with Crippen molar-refractivity contribution in [2.24, 2.45) is 5.73 Å². The zero-order valence-electron chi connectivity index (χ0n) is 15.5. The standard InChI is InChI=1S/C17H25N3O6S/c1-10-13(17(23)26-7-6-24-2)16(27-14(10)15(18)22)20-12(21)9-19-8-11-4-3-5-25-11/h11,19H,3-9H2,1-2H3,(H2,18,22)(H,20,21)/t11-/m0/s1. The van der Waals surface area contributed by atoms with E-state index in [0.717, 1.165) is 30.8 Å². The number of methoxy groups -OCH3 is 1. The Morgan fingerprint density at radius 2 is 2.11 bits per heavy atom. The zero-order chi connectivity index (χ0) is 19.8. The molecule has 1 aromatic rings. The zero-order valence-corrected chi connectivity index (χ0v) is 16.3. The highest BCUT2D eigenvalue weighted by Gasteiger charge is 2.26. The molecule has 2 rings (SSSR count). The van der Waals surface area contributed by atoms with Gasteiger partial charge in [0.25, 0.3) is 5.91 Å². The van der Waals surface area contributed by atoms with Crippen LogP contribution < -0.4 is 16.4 Å². The van der Waals surface area contributed by atoms with Crippen molar-refractivity contribution in [2.75, 3.05) is 45.3 Å². The third-order valence-electron chi connectivity index (χ3n) is 4.03. The maximum absolute atomic E-state index is 12.4. The first-order chi connectivity index (χ1) is 12.9. The van der Waals surface area contributed by atoms with Crippen molar-refractivity contribution in [2.45, 2.75) is 25.9 Å². The number of rotatable bonds is 10. The maximum Gasteiger partial charge on any atom is 0.341 e. The van der Waals surface area contributed by atoms with Crippen molar-refractivity contribution >= 4 is 34.1 Å². The lowest BCUT2D eigenvalue weighted by Gasteiger charge is -2.11. The number of carbonyl (C=O) groups excluding carboxylic acids is 3. The van der Waals surface area contributed by atoms with Gasteiger partial charge in [0.05, 0.1) is 29.7 Å². The highest BCUT2D eigenvalue weighted by Crippen LogP contribution is 2.33. The lowest BCUT2D eigenvalue weighted by Crippen LogP contribution is -2.33. The van der Waals surface area contributed by atoms with Crippen molar-refractivity contribution < 1.29 is 28.6 Å². The summed E-state index contributed by atoms with van der Waals surface area (Å²) in [7, 11) is 1.49. The lowest BCUT2D eigenvalue weighted by molar-refractivity contribution is -0.115. The monoisotopic (exact) mass is 399 g/mol. The highest BCUT2D eigenvalue weighted by atomic mass is 32.1. The van der Waals surface area contributed by atoms with E-state index in [-0.39, 0.29) is 47.2 Å². The quantitative estimate of drug-likeness (QED) is 0.389. The fourth-order valence-corrected chi connectivity index (χ4v) is 3.76. The predicted molar refractivity (Wildman–Crippen MR) is 100 cm³/mol. The molecule has 10 heteroatoms.